The summed E-state index contributed by atoms with van der Waals surface area (Å²) in [5, 5.41) is 16.9. The van der Waals surface area contributed by atoms with Crippen molar-refractivity contribution < 1.29 is 9.59 Å². The third kappa shape index (κ3) is 5.94. The maximum Gasteiger partial charge on any atom is 0.273 e. The second-order valence-corrected chi connectivity index (χ2v) is 8.27. The number of carbonyl (C=O) groups is 2. The number of carbonyl (C=O) groups excluding carboxylic acids is 2. The van der Waals surface area contributed by atoms with Crippen LogP contribution in [0, 0.1) is 5.53 Å². The molecule has 0 saturated heterocycles. The van der Waals surface area contributed by atoms with Gasteiger partial charge >= 0.3 is 0 Å². The van der Waals surface area contributed by atoms with E-state index in [1.54, 1.807) is 6.20 Å². The van der Waals surface area contributed by atoms with Gasteiger partial charge in [-0.3, -0.25) is 9.89 Å². The van der Waals surface area contributed by atoms with Crippen molar-refractivity contribution in [1.29, 1.82) is 5.53 Å². The molecule has 10 heteroatoms. The van der Waals surface area contributed by atoms with E-state index in [4.69, 9.17) is 5.53 Å². The summed E-state index contributed by atoms with van der Waals surface area (Å²) in [5.74, 6) is -0.256. The quantitative estimate of drug-likeness (QED) is 0.154. The lowest BCUT2D eigenvalue weighted by Gasteiger charge is -2.19. The zero-order valence-corrected chi connectivity index (χ0v) is 18.6. The topological polar surface area (TPSA) is 126 Å². The zero-order chi connectivity index (χ0) is 22.9. The van der Waals surface area contributed by atoms with Crippen LogP contribution in [0.1, 0.15) is 5.56 Å². The molecule has 32 heavy (non-hydrogen) atoms. The fourth-order valence-electron chi connectivity index (χ4n) is 2.97. The second kappa shape index (κ2) is 11.1. The van der Waals surface area contributed by atoms with E-state index >= 15 is 0 Å². The molecule has 3 rings (SSSR count). The van der Waals surface area contributed by atoms with Crippen LogP contribution < -0.4 is 15.5 Å². The number of nitrogens with one attached hydrogen (secondary N) is 4. The fourth-order valence-corrected chi connectivity index (χ4v) is 4.08. The Morgan fingerprint density at radius 1 is 1.31 bits per heavy atom. The van der Waals surface area contributed by atoms with Crippen LogP contribution in [0.15, 0.2) is 70.6 Å². The van der Waals surface area contributed by atoms with Crippen molar-refractivity contribution in [3.05, 3.63) is 66.1 Å². The summed E-state index contributed by atoms with van der Waals surface area (Å²) in [5.41, 5.74) is 10.1. The van der Waals surface area contributed by atoms with Gasteiger partial charge in [0.1, 0.15) is 6.29 Å². The van der Waals surface area contributed by atoms with Crippen molar-refractivity contribution in [2.45, 2.75) is 17.5 Å². The minimum absolute atomic E-state index is 0.106. The Bertz CT molecular complexity index is 1110. The van der Waals surface area contributed by atoms with Gasteiger partial charge in [0.25, 0.3) is 5.91 Å². The van der Waals surface area contributed by atoms with Crippen LogP contribution in [-0.4, -0.2) is 48.3 Å². The number of anilines is 1. The van der Waals surface area contributed by atoms with Crippen LogP contribution in [0.5, 0.6) is 0 Å². The average molecular weight is 452 g/mol. The molecular weight excluding hydrogens is 426 g/mol. The van der Waals surface area contributed by atoms with Gasteiger partial charge in [0.2, 0.25) is 0 Å². The predicted molar refractivity (Wildman–Crippen MR) is 126 cm³/mol. The molecular formula is C22H25N7O2S. The number of aldehydes is 1. The molecule has 1 amide bonds. The number of benzene rings is 2. The van der Waals surface area contributed by atoms with Gasteiger partial charge in [0.15, 0.2) is 5.70 Å². The van der Waals surface area contributed by atoms with Gasteiger partial charge in [0.05, 0.1) is 23.4 Å². The van der Waals surface area contributed by atoms with Crippen molar-refractivity contribution in [2.24, 2.45) is 5.11 Å². The first-order valence-electron chi connectivity index (χ1n) is 9.90. The van der Waals surface area contributed by atoms with Crippen LogP contribution in [-0.2, 0) is 16.1 Å². The summed E-state index contributed by atoms with van der Waals surface area (Å²) in [6.45, 7) is 0.490. The van der Waals surface area contributed by atoms with Crippen LogP contribution >= 0.6 is 11.8 Å². The lowest BCUT2D eigenvalue weighted by atomic mass is 10.2. The summed E-state index contributed by atoms with van der Waals surface area (Å²) < 4.78 is 0. The van der Waals surface area contributed by atoms with E-state index in [9.17, 15) is 9.59 Å². The van der Waals surface area contributed by atoms with Crippen LogP contribution in [0.25, 0.3) is 10.9 Å². The fraction of sp³-hybridized carbons (Fsp3) is 0.227. The highest BCUT2D eigenvalue weighted by Crippen LogP contribution is 2.33. The summed E-state index contributed by atoms with van der Waals surface area (Å²) in [7, 11) is 3.89. The van der Waals surface area contributed by atoms with Gasteiger partial charge in [-0.1, -0.05) is 30.3 Å². The molecule has 0 saturated carbocycles. The van der Waals surface area contributed by atoms with Crippen molar-refractivity contribution in [2.75, 3.05) is 24.7 Å². The molecule has 0 spiro atoms. The molecule has 1 heterocycles. The molecule has 0 aliphatic rings. The smallest absolute Gasteiger partial charge is 0.273 e. The summed E-state index contributed by atoms with van der Waals surface area (Å²) >= 11 is 1.45. The van der Waals surface area contributed by atoms with Crippen molar-refractivity contribution in [3.8, 4) is 0 Å². The molecule has 0 aliphatic carbocycles. The Balaban J connectivity index is 1.61. The number of hydrogen-bond donors (Lipinski definition) is 4. The number of thioether (sulfide) groups is 1. The molecule has 0 fully saturated rings. The molecule has 1 atom stereocenters. The van der Waals surface area contributed by atoms with Crippen molar-refractivity contribution in [1.82, 2.24) is 20.8 Å². The Morgan fingerprint density at radius 3 is 2.78 bits per heavy atom. The molecule has 0 unspecified atom stereocenters. The molecule has 0 aliphatic heterocycles. The number of fused-ring (bicyclic) bond motifs is 1. The van der Waals surface area contributed by atoms with Gasteiger partial charge in [-0.15, -0.1) is 11.8 Å². The maximum absolute atomic E-state index is 12.5. The minimum Gasteiger partial charge on any atom is -0.385 e. The lowest BCUT2D eigenvalue weighted by molar-refractivity contribution is -0.120. The first kappa shape index (κ1) is 23.0. The maximum atomic E-state index is 12.5. The summed E-state index contributed by atoms with van der Waals surface area (Å²) in [6, 6.07) is 12.9. The molecule has 0 radical (unpaired) electrons. The first-order valence-corrected chi connectivity index (χ1v) is 10.9. The Labute approximate surface area is 190 Å². The molecule has 2 aromatic carbocycles. The standard InChI is InChI=1S/C22H25N7O2S/c1-29(2)20-8-16-11-25-28-18(16)9-21(20)32-14-17(13-30)26-22(31)19(27-23)12-24-10-15-6-4-3-5-7-15/h3-9,11-13,17,23-24H,10,14H2,1-2H3,(H,25,28)(H,26,31)/b19-12-,27-23?/t17-/m1/s1. The third-order valence-electron chi connectivity index (χ3n) is 4.64. The number of nitrogens with zero attached hydrogens (tertiary/aromatic N) is 3. The van der Waals surface area contributed by atoms with Crippen LogP contribution in [0.4, 0.5) is 5.69 Å². The zero-order valence-electron chi connectivity index (χ0n) is 17.8. The highest BCUT2D eigenvalue weighted by Gasteiger charge is 2.17. The number of hydrogen-bond acceptors (Lipinski definition) is 8. The van der Waals surface area contributed by atoms with E-state index in [1.165, 1.54) is 18.0 Å². The Kier molecular flexibility index (Phi) is 7.98. The monoisotopic (exact) mass is 451 g/mol. The van der Waals surface area contributed by atoms with E-state index in [-0.39, 0.29) is 5.70 Å². The SMILES string of the molecule is CN(C)c1cc2cn[nH]c2cc1SC[C@@H](C=O)NC(=O)/C(=C/NCc1ccccc1)N=N. The third-order valence-corrected chi connectivity index (χ3v) is 5.81. The van der Waals surface area contributed by atoms with Crippen molar-refractivity contribution in [3.63, 3.8) is 0 Å². The predicted octanol–water partition coefficient (Wildman–Crippen LogP) is 3.07. The van der Waals surface area contributed by atoms with E-state index in [0.29, 0.717) is 18.6 Å². The lowest BCUT2D eigenvalue weighted by Crippen LogP contribution is -2.38. The average Bonchev–Trinajstić information content (AvgIpc) is 3.26. The van der Waals surface area contributed by atoms with Crippen LogP contribution in [0.3, 0.4) is 0 Å². The normalized spacial score (nSPS) is 12.2. The largest absolute Gasteiger partial charge is 0.385 e. The number of H-pyrrole nitrogens is 1. The molecule has 4 N–H and O–H groups in total. The number of aromatic amines is 1. The molecule has 1 aromatic heterocycles. The van der Waals surface area contributed by atoms with Gasteiger partial charge < -0.3 is 20.3 Å². The highest BCUT2D eigenvalue weighted by molar-refractivity contribution is 7.99. The minimum atomic E-state index is -0.737. The van der Waals surface area contributed by atoms with Gasteiger partial charge in [-0.2, -0.15) is 10.2 Å². The molecule has 166 valence electrons. The highest BCUT2D eigenvalue weighted by atomic mass is 32.2. The van der Waals surface area contributed by atoms with E-state index in [0.717, 1.165) is 27.0 Å². The van der Waals surface area contributed by atoms with E-state index in [1.807, 2.05) is 61.5 Å². The van der Waals surface area contributed by atoms with Gasteiger partial charge in [-0.05, 0) is 17.7 Å². The summed E-state index contributed by atoms with van der Waals surface area (Å²) in [4.78, 5) is 27.0. The first-order chi connectivity index (χ1) is 15.5. The van der Waals surface area contributed by atoms with Crippen molar-refractivity contribution >= 4 is 40.5 Å². The number of rotatable bonds is 11. The number of aromatic nitrogens is 2. The molecule has 3 aromatic rings. The Morgan fingerprint density at radius 2 is 2.09 bits per heavy atom. The van der Waals surface area contributed by atoms with Gasteiger partial charge in [-0.25, -0.2) is 5.53 Å². The second-order valence-electron chi connectivity index (χ2n) is 7.21. The van der Waals surface area contributed by atoms with E-state index < -0.39 is 11.9 Å². The molecule has 9 nitrogen and oxygen atoms in total. The molecule has 0 bridgehead atoms. The summed E-state index contributed by atoms with van der Waals surface area (Å²) in [6.07, 6.45) is 3.82. The van der Waals surface area contributed by atoms with Gasteiger partial charge in [0, 0.05) is 42.9 Å². The number of amides is 1. The van der Waals surface area contributed by atoms with E-state index in [2.05, 4.69) is 25.9 Å². The van der Waals surface area contributed by atoms with Crippen LogP contribution in [0.2, 0.25) is 0 Å². The Hall–Kier alpha value is -3.66.